The van der Waals surface area contributed by atoms with Crippen molar-refractivity contribution < 1.29 is 10.0 Å². The first-order valence-electron chi connectivity index (χ1n) is 28.5. The van der Waals surface area contributed by atoms with Crippen molar-refractivity contribution in [2.45, 2.75) is 7.43 Å². The molecule has 2 N–H and O–H groups in total. The molecule has 0 saturated heterocycles. The summed E-state index contributed by atoms with van der Waals surface area (Å²) in [5.74, 6) is 0. The lowest BCUT2D eigenvalue weighted by Gasteiger charge is -2.20. The van der Waals surface area contributed by atoms with Crippen molar-refractivity contribution in [1.82, 2.24) is 0 Å². The Balaban J connectivity index is 0.000000130. The highest BCUT2D eigenvalue weighted by Gasteiger charge is 2.24. The van der Waals surface area contributed by atoms with E-state index in [9.17, 15) is 10.0 Å². The van der Waals surface area contributed by atoms with Gasteiger partial charge in [-0.3, -0.25) is 0 Å². The minimum absolute atomic E-state index is 0. The van der Waals surface area contributed by atoms with Crippen LogP contribution >= 0.6 is 15.9 Å². The number of benzene rings is 16. The lowest BCUT2D eigenvalue weighted by molar-refractivity contribution is 0.426. The Morgan fingerprint density at radius 2 is 0.518 bits per heavy atom. The van der Waals surface area contributed by atoms with E-state index in [1.165, 1.54) is 98.0 Å². The predicted octanol–water partition coefficient (Wildman–Crippen LogP) is 21.7. The van der Waals surface area contributed by atoms with Crippen molar-refractivity contribution in [2.24, 2.45) is 0 Å². The highest BCUT2D eigenvalue weighted by atomic mass is 79.9. The molecule has 0 fully saturated rings. The van der Waals surface area contributed by atoms with Gasteiger partial charge in [0.25, 0.3) is 0 Å². The molecule has 85 heavy (non-hydrogen) atoms. The van der Waals surface area contributed by atoms with Crippen LogP contribution in [0.4, 0.5) is 0 Å². The van der Waals surface area contributed by atoms with Crippen molar-refractivity contribution in [2.75, 3.05) is 0 Å². The Bertz CT molecular complexity index is 5020. The van der Waals surface area contributed by atoms with Crippen LogP contribution in [0, 0.1) is 0 Å². The van der Waals surface area contributed by atoms with Crippen LogP contribution in [0.3, 0.4) is 0 Å². The molecule has 0 aliphatic rings. The maximum absolute atomic E-state index is 10.2. The Morgan fingerprint density at radius 1 is 0.224 bits per heavy atom. The first-order chi connectivity index (χ1) is 41.5. The van der Waals surface area contributed by atoms with Crippen molar-refractivity contribution >= 4 is 115 Å². The molecule has 404 valence electrons. The van der Waals surface area contributed by atoms with Gasteiger partial charge in [0, 0.05) is 4.47 Å². The van der Waals surface area contributed by atoms with Gasteiger partial charge in [0.1, 0.15) is 0 Å². The quantitative estimate of drug-likeness (QED) is 0.0990. The summed E-state index contributed by atoms with van der Waals surface area (Å²) in [6.07, 6.45) is 0. The second-order valence-corrected chi connectivity index (χ2v) is 22.2. The van der Waals surface area contributed by atoms with Gasteiger partial charge in [0.15, 0.2) is 0 Å². The molecular formula is C81H58BBrO2. The van der Waals surface area contributed by atoms with Crippen molar-refractivity contribution in [1.29, 1.82) is 0 Å². The van der Waals surface area contributed by atoms with Crippen LogP contribution in [0.15, 0.2) is 320 Å². The Kier molecular flexibility index (Phi) is 15.2. The van der Waals surface area contributed by atoms with Crippen LogP contribution in [0.25, 0.3) is 142 Å². The largest absolute Gasteiger partial charge is 0.489 e. The summed E-state index contributed by atoms with van der Waals surface area (Å²) in [6, 6.07) is 111. The molecule has 16 aromatic carbocycles. The standard InChI is InChI=1S/C40H26.C26H19BO2.C14H9Br.CH4/c1-2-12-27(13-3-1)31-15-6-7-17-33(31)40-36-20-10-8-18-34(36)39(35-19-9-11-21-37(35)40)30-25-24-29-23-22-28-14-4-5-16-32(28)38(29)26-30;28-27(29)26-23-16-8-6-14-21(23)25(22-15-7-9-17-24(22)26)20-13-5-4-12-19(20)18-10-2-1-3-11-18;15-12-8-7-11-6-5-10-3-1-2-4-13(10)14(11)9-12;/h1-26H;1-17,28-29H;1-9H;1H4. The van der Waals surface area contributed by atoms with Gasteiger partial charge >= 0.3 is 7.12 Å². The fraction of sp³-hybridized carbons (Fsp3) is 0.0123. The Labute approximate surface area is 504 Å². The van der Waals surface area contributed by atoms with E-state index in [0.29, 0.717) is 5.46 Å². The SMILES string of the molecule is Brc1ccc2ccc3ccccc3c2c1.C.OB(O)c1c2ccccc2c(-c2ccccc2-c2ccccc2)c2ccccc12.c1ccc(-c2ccccc2-c2c3ccccc3c(-c3ccc4ccc5ccccc5c4c3)c3ccccc23)cc1. The minimum Gasteiger partial charge on any atom is -0.423 e. The predicted molar refractivity (Wildman–Crippen MR) is 371 cm³/mol. The van der Waals surface area contributed by atoms with E-state index in [1.54, 1.807) is 0 Å². The average Bonchev–Trinajstić information content (AvgIpc) is 1.61. The minimum atomic E-state index is -1.54. The lowest BCUT2D eigenvalue weighted by atomic mass is 9.72. The smallest absolute Gasteiger partial charge is 0.423 e. The maximum Gasteiger partial charge on any atom is 0.489 e. The molecule has 0 spiro atoms. The van der Waals surface area contributed by atoms with E-state index in [1.807, 2.05) is 54.6 Å². The maximum atomic E-state index is 10.2. The zero-order valence-corrected chi connectivity index (χ0v) is 47.5. The zero-order chi connectivity index (χ0) is 56.5. The number of fused-ring (bicyclic) bond motifs is 10. The van der Waals surface area contributed by atoms with E-state index < -0.39 is 7.12 Å². The molecule has 0 heterocycles. The molecule has 0 unspecified atom stereocenters. The third-order valence-electron chi connectivity index (χ3n) is 16.5. The molecule has 4 heteroatoms. The second-order valence-electron chi connectivity index (χ2n) is 21.3. The van der Waals surface area contributed by atoms with Gasteiger partial charge in [-0.15, -0.1) is 0 Å². The Morgan fingerprint density at radius 3 is 0.941 bits per heavy atom. The van der Waals surface area contributed by atoms with Crippen molar-refractivity contribution in [3.8, 4) is 55.6 Å². The van der Waals surface area contributed by atoms with E-state index >= 15 is 0 Å². The summed E-state index contributed by atoms with van der Waals surface area (Å²) in [6.45, 7) is 0. The van der Waals surface area contributed by atoms with E-state index in [-0.39, 0.29) is 7.43 Å². The summed E-state index contributed by atoms with van der Waals surface area (Å²) in [5, 5.41) is 39.5. The molecule has 0 amide bonds. The van der Waals surface area contributed by atoms with Gasteiger partial charge in [-0.2, -0.15) is 0 Å². The fourth-order valence-corrected chi connectivity index (χ4v) is 13.1. The molecule has 2 nitrogen and oxygen atoms in total. The molecule has 16 rings (SSSR count). The van der Waals surface area contributed by atoms with E-state index in [2.05, 4.69) is 277 Å². The van der Waals surface area contributed by atoms with Crippen LogP contribution in [-0.4, -0.2) is 17.2 Å². The highest BCUT2D eigenvalue weighted by molar-refractivity contribution is 9.10. The summed E-state index contributed by atoms with van der Waals surface area (Å²) < 4.78 is 1.13. The summed E-state index contributed by atoms with van der Waals surface area (Å²) in [5.41, 5.74) is 12.7. The number of hydrogen-bond donors (Lipinski definition) is 2. The van der Waals surface area contributed by atoms with Gasteiger partial charge in [0.05, 0.1) is 0 Å². The van der Waals surface area contributed by atoms with Crippen LogP contribution in [0.1, 0.15) is 7.43 Å². The van der Waals surface area contributed by atoms with Crippen LogP contribution in [0.5, 0.6) is 0 Å². The fourth-order valence-electron chi connectivity index (χ4n) is 12.7. The van der Waals surface area contributed by atoms with E-state index in [4.69, 9.17) is 0 Å². The second kappa shape index (κ2) is 23.7. The molecule has 0 atom stereocenters. The molecular weight excluding hydrogens is 1100 g/mol. The van der Waals surface area contributed by atoms with Crippen LogP contribution in [0.2, 0.25) is 0 Å². The summed E-state index contributed by atoms with van der Waals surface area (Å²) in [4.78, 5) is 0. The zero-order valence-electron chi connectivity index (χ0n) is 45.9. The van der Waals surface area contributed by atoms with Gasteiger partial charge in [-0.1, -0.05) is 321 Å². The number of hydrogen-bond acceptors (Lipinski definition) is 2. The molecule has 0 bridgehead atoms. The van der Waals surface area contributed by atoms with Crippen molar-refractivity contribution in [3.05, 3.63) is 320 Å². The number of rotatable bonds is 6. The number of halogens is 1. The van der Waals surface area contributed by atoms with Crippen molar-refractivity contribution in [3.63, 3.8) is 0 Å². The van der Waals surface area contributed by atoms with Crippen LogP contribution in [-0.2, 0) is 0 Å². The molecule has 0 aliphatic heterocycles. The molecule has 0 saturated carbocycles. The first kappa shape index (κ1) is 54.3. The topological polar surface area (TPSA) is 40.5 Å². The Hall–Kier alpha value is -9.94. The highest BCUT2D eigenvalue weighted by Crippen LogP contribution is 2.47. The third kappa shape index (κ3) is 10.2. The molecule has 0 radical (unpaired) electrons. The first-order valence-corrected chi connectivity index (χ1v) is 29.3. The van der Waals surface area contributed by atoms with Gasteiger partial charge in [-0.05, 0) is 165 Å². The molecule has 16 aromatic rings. The molecule has 0 aromatic heterocycles. The van der Waals surface area contributed by atoms with Gasteiger partial charge in [-0.25, -0.2) is 0 Å². The monoisotopic (exact) mass is 1150 g/mol. The third-order valence-corrected chi connectivity index (χ3v) is 17.0. The van der Waals surface area contributed by atoms with Gasteiger partial charge in [0.2, 0.25) is 0 Å². The summed E-state index contributed by atoms with van der Waals surface area (Å²) in [7, 11) is -1.54. The molecule has 0 aliphatic carbocycles. The normalized spacial score (nSPS) is 11.1. The van der Waals surface area contributed by atoms with Crippen LogP contribution < -0.4 is 5.46 Å². The summed E-state index contributed by atoms with van der Waals surface area (Å²) >= 11 is 3.52. The lowest BCUT2D eigenvalue weighted by Crippen LogP contribution is -2.31. The van der Waals surface area contributed by atoms with E-state index in [0.717, 1.165) is 48.3 Å². The average molecular weight is 1150 g/mol. The van der Waals surface area contributed by atoms with Gasteiger partial charge < -0.3 is 10.0 Å².